The van der Waals surface area contributed by atoms with E-state index in [9.17, 15) is 22.8 Å². The Morgan fingerprint density at radius 3 is 2.56 bits per heavy atom. The molecule has 0 spiro atoms. The van der Waals surface area contributed by atoms with E-state index in [1.807, 2.05) is 30.3 Å². The van der Waals surface area contributed by atoms with Crippen LogP contribution in [0.3, 0.4) is 0 Å². The van der Waals surface area contributed by atoms with Gasteiger partial charge in [-0.2, -0.15) is 13.2 Å². The first kappa shape index (κ1) is 23.7. The predicted octanol–water partition coefficient (Wildman–Crippen LogP) is 4.59. The number of imidazole rings is 1. The number of furan rings is 1. The van der Waals surface area contributed by atoms with Crippen molar-refractivity contribution >= 4 is 29.2 Å². The molecule has 4 aromatic rings. The van der Waals surface area contributed by atoms with E-state index in [4.69, 9.17) is 16.0 Å². The van der Waals surface area contributed by atoms with Crippen LogP contribution in [0, 0.1) is 0 Å². The van der Waals surface area contributed by atoms with Crippen LogP contribution in [0.4, 0.5) is 18.0 Å². The van der Waals surface area contributed by atoms with Gasteiger partial charge in [0, 0.05) is 37.0 Å². The van der Waals surface area contributed by atoms with Gasteiger partial charge >= 0.3 is 12.2 Å². The number of likely N-dealkylation sites (tertiary alicyclic amines) is 1. The van der Waals surface area contributed by atoms with Gasteiger partial charge in [0.25, 0.3) is 5.91 Å². The Morgan fingerprint density at radius 2 is 1.89 bits per heavy atom. The smallest absolute Gasteiger partial charge is 0.420 e. The van der Waals surface area contributed by atoms with E-state index in [2.05, 4.69) is 15.6 Å². The molecule has 1 saturated heterocycles. The van der Waals surface area contributed by atoms with Crippen LogP contribution in [-0.2, 0) is 12.7 Å². The number of rotatable bonds is 5. The van der Waals surface area contributed by atoms with Gasteiger partial charge in [-0.15, -0.1) is 0 Å². The molecule has 1 aliphatic rings. The van der Waals surface area contributed by atoms with Gasteiger partial charge in [0.1, 0.15) is 5.15 Å². The molecular weight excluding hydrogens is 499 g/mol. The minimum Gasteiger partial charge on any atom is -0.472 e. The first-order valence-electron chi connectivity index (χ1n) is 10.9. The van der Waals surface area contributed by atoms with Crippen LogP contribution in [0.5, 0.6) is 0 Å². The molecule has 186 valence electrons. The number of nitrogens with zero attached hydrogens (tertiary/aromatic N) is 3. The molecule has 1 aromatic carbocycles. The lowest BCUT2D eigenvalue weighted by Gasteiger charge is -2.39. The number of benzene rings is 1. The predicted molar refractivity (Wildman–Crippen MR) is 124 cm³/mol. The normalized spacial score (nSPS) is 14.1. The van der Waals surface area contributed by atoms with E-state index in [0.29, 0.717) is 12.1 Å². The van der Waals surface area contributed by atoms with Gasteiger partial charge in [-0.1, -0.05) is 41.9 Å². The molecule has 0 bridgehead atoms. The van der Waals surface area contributed by atoms with Crippen molar-refractivity contribution in [3.8, 4) is 11.1 Å². The number of aromatic nitrogens is 2. The fourth-order valence-corrected chi connectivity index (χ4v) is 4.20. The zero-order valence-electron chi connectivity index (χ0n) is 18.6. The van der Waals surface area contributed by atoms with E-state index in [1.165, 1.54) is 29.7 Å². The number of carbonyl (C=O) groups excluding carboxylic acids is 2. The standard InChI is InChI=1S/C24H19ClF3N5O3/c25-20-19(22(34)32-11-17(12-32)30-23(35)29-9-14-4-2-1-3-5-14)31-21-18(24(26,27)28)8-16(10-33(20)21)15-6-7-36-13-15/h1-8,10,13,17H,9,11-12H2,(H2,29,30,35). The fraction of sp³-hybridized carbons (Fsp3) is 0.208. The Labute approximate surface area is 207 Å². The number of carbonyl (C=O) groups is 2. The van der Waals surface area contributed by atoms with Gasteiger partial charge in [0.05, 0.1) is 24.1 Å². The van der Waals surface area contributed by atoms with Crippen LogP contribution < -0.4 is 10.6 Å². The number of urea groups is 1. The van der Waals surface area contributed by atoms with E-state index in [0.717, 1.165) is 16.0 Å². The zero-order valence-corrected chi connectivity index (χ0v) is 19.3. The summed E-state index contributed by atoms with van der Waals surface area (Å²) in [6.07, 6.45) is -0.705. The van der Waals surface area contributed by atoms with Crippen molar-refractivity contribution in [2.75, 3.05) is 13.1 Å². The summed E-state index contributed by atoms with van der Waals surface area (Å²) in [5, 5.41) is 5.26. The summed E-state index contributed by atoms with van der Waals surface area (Å²) in [6.45, 7) is 0.698. The van der Waals surface area contributed by atoms with Gasteiger partial charge in [0.2, 0.25) is 0 Å². The maximum absolute atomic E-state index is 13.8. The molecule has 3 aromatic heterocycles. The maximum atomic E-state index is 13.8. The summed E-state index contributed by atoms with van der Waals surface area (Å²) >= 11 is 6.34. The second kappa shape index (κ2) is 9.23. The number of hydrogen-bond donors (Lipinski definition) is 2. The number of fused-ring (bicyclic) bond motifs is 1. The van der Waals surface area contributed by atoms with Gasteiger partial charge in [-0.3, -0.25) is 9.20 Å². The summed E-state index contributed by atoms with van der Waals surface area (Å²) in [6, 6.07) is 11.1. The summed E-state index contributed by atoms with van der Waals surface area (Å²) in [7, 11) is 0. The first-order valence-corrected chi connectivity index (χ1v) is 11.3. The van der Waals surface area contributed by atoms with Crippen molar-refractivity contribution in [3.05, 3.63) is 83.2 Å². The summed E-state index contributed by atoms with van der Waals surface area (Å²) in [5.41, 5.74) is -0.231. The molecule has 1 fully saturated rings. The Hall–Kier alpha value is -3.99. The molecule has 5 rings (SSSR count). The summed E-state index contributed by atoms with van der Waals surface area (Å²) in [4.78, 5) is 30.4. The first-order chi connectivity index (χ1) is 17.2. The van der Waals surface area contributed by atoms with Crippen molar-refractivity contribution < 1.29 is 27.2 Å². The lowest BCUT2D eigenvalue weighted by atomic mass is 10.1. The summed E-state index contributed by atoms with van der Waals surface area (Å²) < 4.78 is 47.4. The zero-order chi connectivity index (χ0) is 25.4. The van der Waals surface area contributed by atoms with Crippen LogP contribution in [-0.4, -0.2) is 45.4 Å². The molecule has 2 N–H and O–H groups in total. The van der Waals surface area contributed by atoms with Crippen LogP contribution in [0.1, 0.15) is 21.6 Å². The molecule has 36 heavy (non-hydrogen) atoms. The van der Waals surface area contributed by atoms with E-state index < -0.39 is 23.3 Å². The highest BCUT2D eigenvalue weighted by Crippen LogP contribution is 2.37. The number of pyridine rings is 1. The van der Waals surface area contributed by atoms with Gasteiger partial charge in [0.15, 0.2) is 11.3 Å². The monoisotopic (exact) mass is 517 g/mol. The van der Waals surface area contributed by atoms with E-state index >= 15 is 0 Å². The van der Waals surface area contributed by atoms with Gasteiger partial charge in [-0.25, -0.2) is 9.78 Å². The van der Waals surface area contributed by atoms with E-state index in [-0.39, 0.29) is 41.6 Å². The van der Waals surface area contributed by atoms with Crippen molar-refractivity contribution in [2.24, 2.45) is 0 Å². The Balaban J connectivity index is 1.29. The number of alkyl halides is 3. The van der Waals surface area contributed by atoms with Crippen LogP contribution in [0.15, 0.2) is 65.6 Å². The van der Waals surface area contributed by atoms with Crippen LogP contribution in [0.2, 0.25) is 5.15 Å². The minimum atomic E-state index is -4.73. The third-order valence-electron chi connectivity index (χ3n) is 5.82. The average Bonchev–Trinajstić information content (AvgIpc) is 3.47. The van der Waals surface area contributed by atoms with Gasteiger partial charge < -0.3 is 20.0 Å². The molecule has 12 heteroatoms. The molecule has 4 heterocycles. The highest BCUT2D eigenvalue weighted by Gasteiger charge is 2.38. The molecule has 3 amide bonds. The molecule has 0 aliphatic carbocycles. The number of hydrogen-bond acceptors (Lipinski definition) is 4. The SMILES string of the molecule is O=C(NCc1ccccc1)NC1CN(C(=O)c2nc3c(C(F)(F)F)cc(-c4ccoc4)cn3c2Cl)C1. The maximum Gasteiger partial charge on any atom is 0.420 e. The molecule has 0 atom stereocenters. The largest absolute Gasteiger partial charge is 0.472 e. The topological polar surface area (TPSA) is 91.9 Å². The Morgan fingerprint density at radius 1 is 1.14 bits per heavy atom. The van der Waals surface area contributed by atoms with Crippen molar-refractivity contribution in [2.45, 2.75) is 18.8 Å². The number of nitrogens with one attached hydrogen (secondary N) is 2. The highest BCUT2D eigenvalue weighted by atomic mass is 35.5. The molecule has 0 saturated carbocycles. The average molecular weight is 518 g/mol. The van der Waals surface area contributed by atoms with Gasteiger partial charge in [-0.05, 0) is 17.7 Å². The lowest BCUT2D eigenvalue weighted by Crippen LogP contribution is -2.62. The van der Waals surface area contributed by atoms with Crippen LogP contribution in [0.25, 0.3) is 16.8 Å². The minimum absolute atomic E-state index is 0.175. The number of halogens is 4. The Bertz CT molecular complexity index is 1410. The van der Waals surface area contributed by atoms with Crippen LogP contribution >= 0.6 is 11.6 Å². The Kier molecular flexibility index (Phi) is 6.09. The third-order valence-corrected chi connectivity index (χ3v) is 6.19. The lowest BCUT2D eigenvalue weighted by molar-refractivity contribution is -0.136. The van der Waals surface area contributed by atoms with Crippen molar-refractivity contribution in [1.29, 1.82) is 0 Å². The molecule has 0 unspecified atom stereocenters. The summed E-state index contributed by atoms with van der Waals surface area (Å²) in [5.74, 6) is -0.621. The third kappa shape index (κ3) is 4.61. The highest BCUT2D eigenvalue weighted by molar-refractivity contribution is 6.33. The van der Waals surface area contributed by atoms with Crippen molar-refractivity contribution in [1.82, 2.24) is 24.9 Å². The molecular formula is C24H19ClF3N5O3. The van der Waals surface area contributed by atoms with E-state index in [1.54, 1.807) is 0 Å². The fourth-order valence-electron chi connectivity index (χ4n) is 3.95. The molecule has 0 radical (unpaired) electrons. The molecule has 8 nitrogen and oxygen atoms in total. The second-order valence-corrected chi connectivity index (χ2v) is 8.67. The van der Waals surface area contributed by atoms with Crippen molar-refractivity contribution in [3.63, 3.8) is 0 Å². The number of amides is 3. The second-order valence-electron chi connectivity index (χ2n) is 8.32. The molecule has 1 aliphatic heterocycles. The quantitative estimate of drug-likeness (QED) is 0.405.